The number of carbonyl (C=O) groups is 1. The molecule has 0 saturated heterocycles. The molecule has 1 atom stereocenters. The van der Waals surface area contributed by atoms with Gasteiger partial charge in [-0.05, 0) is 5.56 Å². The molecule has 3 heteroatoms. The minimum atomic E-state index is -0.715. The van der Waals surface area contributed by atoms with E-state index in [0.29, 0.717) is 0 Å². The molecule has 0 bridgehead atoms. The molecule has 1 aromatic carbocycles. The van der Waals surface area contributed by atoms with Crippen molar-refractivity contribution in [3.05, 3.63) is 42.0 Å². The topological polar surface area (TPSA) is 37.3 Å². The highest BCUT2D eigenvalue weighted by atomic mass is 32.2. The van der Waals surface area contributed by atoms with E-state index in [4.69, 9.17) is 0 Å². The Kier molecular flexibility index (Phi) is 5.63. The fourth-order valence-electron chi connectivity index (χ4n) is 1.41. The second-order valence-electron chi connectivity index (χ2n) is 5.13. The summed E-state index contributed by atoms with van der Waals surface area (Å²) in [5, 5.41) is 9.78. The number of rotatable bonds is 4. The van der Waals surface area contributed by atoms with Gasteiger partial charge in [0, 0.05) is 11.2 Å². The van der Waals surface area contributed by atoms with Crippen LogP contribution in [-0.4, -0.2) is 21.1 Å². The van der Waals surface area contributed by atoms with E-state index in [1.54, 1.807) is 6.08 Å². The Morgan fingerprint density at radius 2 is 1.94 bits per heavy atom. The fraction of sp³-hybridized carbons (Fsp3) is 0.400. The van der Waals surface area contributed by atoms with Gasteiger partial charge in [0.05, 0.1) is 6.10 Å². The molecule has 0 fully saturated rings. The third kappa shape index (κ3) is 6.62. The first-order chi connectivity index (χ1) is 8.37. The van der Waals surface area contributed by atoms with Crippen LogP contribution >= 0.6 is 11.8 Å². The summed E-state index contributed by atoms with van der Waals surface area (Å²) in [5.74, 6) is 0. The van der Waals surface area contributed by atoms with Crippen molar-refractivity contribution >= 4 is 23.0 Å². The standard InChI is InChI=1S/C15H20O2S/c1-15(2,3)18-14(17)11-13(16)10-9-12-7-5-4-6-8-12/h4-10,13,16H,11H2,1-3H3/b10-9+/t13-/m0/s1. The monoisotopic (exact) mass is 264 g/mol. The second-order valence-corrected chi connectivity index (χ2v) is 7.01. The van der Waals surface area contributed by atoms with Crippen LogP contribution < -0.4 is 0 Å². The van der Waals surface area contributed by atoms with Crippen molar-refractivity contribution in [2.45, 2.75) is 38.0 Å². The molecule has 18 heavy (non-hydrogen) atoms. The number of hydrogen-bond donors (Lipinski definition) is 1. The lowest BCUT2D eigenvalue weighted by Gasteiger charge is -2.16. The summed E-state index contributed by atoms with van der Waals surface area (Å²) in [5.41, 5.74) is 1.02. The van der Waals surface area contributed by atoms with E-state index in [9.17, 15) is 9.90 Å². The van der Waals surface area contributed by atoms with Gasteiger partial charge < -0.3 is 5.11 Å². The molecule has 0 unspecified atom stereocenters. The second kappa shape index (κ2) is 6.76. The summed E-state index contributed by atoms with van der Waals surface area (Å²) < 4.78 is -0.0973. The summed E-state index contributed by atoms with van der Waals surface area (Å²) in [6.07, 6.45) is 2.94. The number of thioether (sulfide) groups is 1. The first-order valence-corrected chi connectivity index (χ1v) is 6.81. The average Bonchev–Trinajstić information content (AvgIpc) is 2.25. The molecule has 1 rings (SSSR count). The van der Waals surface area contributed by atoms with Crippen LogP contribution in [0.5, 0.6) is 0 Å². The van der Waals surface area contributed by atoms with Crippen LogP contribution in [0.25, 0.3) is 6.08 Å². The first kappa shape index (κ1) is 15.0. The van der Waals surface area contributed by atoms with Crippen molar-refractivity contribution in [1.82, 2.24) is 0 Å². The minimum absolute atomic E-state index is 0.0210. The fourth-order valence-corrected chi connectivity index (χ4v) is 2.35. The van der Waals surface area contributed by atoms with Crippen molar-refractivity contribution < 1.29 is 9.90 Å². The van der Waals surface area contributed by atoms with Gasteiger partial charge in [-0.1, -0.05) is 75.0 Å². The maximum atomic E-state index is 11.6. The maximum absolute atomic E-state index is 11.6. The third-order valence-electron chi connectivity index (χ3n) is 2.11. The lowest BCUT2D eigenvalue weighted by Crippen LogP contribution is -2.15. The van der Waals surface area contributed by atoms with E-state index in [2.05, 4.69) is 0 Å². The smallest absolute Gasteiger partial charge is 0.192 e. The predicted octanol–water partition coefficient (Wildman–Crippen LogP) is 3.51. The summed E-state index contributed by atoms with van der Waals surface area (Å²) in [4.78, 5) is 11.6. The van der Waals surface area contributed by atoms with Crippen molar-refractivity contribution in [1.29, 1.82) is 0 Å². The van der Waals surface area contributed by atoms with Gasteiger partial charge in [0.25, 0.3) is 0 Å². The molecule has 0 saturated carbocycles. The molecule has 0 amide bonds. The Hall–Kier alpha value is -1.06. The van der Waals surface area contributed by atoms with Crippen LogP contribution in [0.2, 0.25) is 0 Å². The van der Waals surface area contributed by atoms with Gasteiger partial charge in [-0.25, -0.2) is 0 Å². The molecule has 0 aromatic heterocycles. The lowest BCUT2D eigenvalue weighted by molar-refractivity contribution is -0.112. The van der Waals surface area contributed by atoms with Crippen molar-refractivity contribution in [3.8, 4) is 0 Å². The molecule has 0 aliphatic rings. The van der Waals surface area contributed by atoms with Crippen molar-refractivity contribution in [2.75, 3.05) is 0 Å². The Bertz CT molecular complexity index is 404. The molecular formula is C15H20O2S. The van der Waals surface area contributed by atoms with Gasteiger partial charge in [0.15, 0.2) is 5.12 Å². The zero-order valence-corrected chi connectivity index (χ0v) is 11.9. The Morgan fingerprint density at radius 1 is 1.33 bits per heavy atom. The molecule has 2 nitrogen and oxygen atoms in total. The van der Waals surface area contributed by atoms with Gasteiger partial charge in [-0.2, -0.15) is 0 Å². The van der Waals surface area contributed by atoms with E-state index in [1.165, 1.54) is 11.8 Å². The van der Waals surface area contributed by atoms with Gasteiger partial charge in [0.2, 0.25) is 0 Å². The van der Waals surface area contributed by atoms with E-state index < -0.39 is 6.10 Å². The molecule has 0 radical (unpaired) electrons. The highest BCUT2D eigenvalue weighted by molar-refractivity contribution is 8.14. The normalized spacial score (nSPS) is 13.8. The highest BCUT2D eigenvalue weighted by Gasteiger charge is 2.18. The van der Waals surface area contributed by atoms with Crippen LogP contribution in [-0.2, 0) is 4.79 Å². The largest absolute Gasteiger partial charge is 0.389 e. The zero-order chi connectivity index (χ0) is 13.6. The average molecular weight is 264 g/mol. The molecular weight excluding hydrogens is 244 g/mol. The quantitative estimate of drug-likeness (QED) is 0.904. The molecule has 1 aromatic rings. The van der Waals surface area contributed by atoms with E-state index in [0.717, 1.165) is 5.56 Å². The molecule has 98 valence electrons. The van der Waals surface area contributed by atoms with Crippen LogP contribution in [0.15, 0.2) is 36.4 Å². The van der Waals surface area contributed by atoms with Crippen LogP contribution in [0.4, 0.5) is 0 Å². The summed E-state index contributed by atoms with van der Waals surface area (Å²) in [6, 6.07) is 9.72. The Morgan fingerprint density at radius 3 is 2.50 bits per heavy atom. The number of benzene rings is 1. The number of carbonyl (C=O) groups excluding carboxylic acids is 1. The van der Waals surface area contributed by atoms with E-state index >= 15 is 0 Å². The van der Waals surface area contributed by atoms with Crippen LogP contribution in [0.3, 0.4) is 0 Å². The number of hydrogen-bond acceptors (Lipinski definition) is 3. The molecule has 0 heterocycles. The summed E-state index contributed by atoms with van der Waals surface area (Å²) in [6.45, 7) is 5.96. The zero-order valence-electron chi connectivity index (χ0n) is 11.1. The summed E-state index contributed by atoms with van der Waals surface area (Å²) in [7, 11) is 0. The summed E-state index contributed by atoms with van der Waals surface area (Å²) >= 11 is 1.27. The van der Waals surface area contributed by atoms with Crippen molar-refractivity contribution in [2.24, 2.45) is 0 Å². The van der Waals surface area contributed by atoms with Gasteiger partial charge in [-0.3, -0.25) is 4.79 Å². The maximum Gasteiger partial charge on any atom is 0.192 e. The molecule has 1 N–H and O–H groups in total. The van der Waals surface area contributed by atoms with E-state index in [-0.39, 0.29) is 16.3 Å². The van der Waals surface area contributed by atoms with Crippen LogP contribution in [0.1, 0.15) is 32.8 Å². The van der Waals surface area contributed by atoms with Gasteiger partial charge in [0.1, 0.15) is 0 Å². The third-order valence-corrected chi connectivity index (χ3v) is 3.11. The van der Waals surface area contributed by atoms with Gasteiger partial charge >= 0.3 is 0 Å². The lowest BCUT2D eigenvalue weighted by atomic mass is 10.1. The van der Waals surface area contributed by atoms with Gasteiger partial charge in [-0.15, -0.1) is 0 Å². The van der Waals surface area contributed by atoms with Crippen LogP contribution in [0, 0.1) is 0 Å². The minimum Gasteiger partial charge on any atom is -0.389 e. The molecule has 0 spiro atoms. The SMILES string of the molecule is CC(C)(C)SC(=O)C[C@@H](O)/C=C/c1ccccc1. The molecule has 0 aliphatic heterocycles. The number of aliphatic hydroxyl groups is 1. The van der Waals surface area contributed by atoms with Crippen molar-refractivity contribution in [3.63, 3.8) is 0 Å². The predicted molar refractivity (Wildman–Crippen MR) is 78.5 cm³/mol. The highest BCUT2D eigenvalue weighted by Crippen LogP contribution is 2.25. The molecule has 0 aliphatic carbocycles. The Labute approximate surface area is 113 Å². The Balaban J connectivity index is 2.45. The number of aliphatic hydroxyl groups excluding tert-OH is 1. The van der Waals surface area contributed by atoms with E-state index in [1.807, 2.05) is 57.2 Å². The first-order valence-electron chi connectivity index (χ1n) is 6.00.